The molecule has 0 aliphatic carbocycles. The third-order valence-corrected chi connectivity index (χ3v) is 4.96. The van der Waals surface area contributed by atoms with Gasteiger partial charge in [0.1, 0.15) is 0 Å². The predicted octanol–water partition coefficient (Wildman–Crippen LogP) is 3.83. The van der Waals surface area contributed by atoms with E-state index in [2.05, 4.69) is 51.8 Å². The van der Waals surface area contributed by atoms with Gasteiger partial charge >= 0.3 is 0 Å². The third kappa shape index (κ3) is 4.39. The zero-order valence-electron chi connectivity index (χ0n) is 13.5. The van der Waals surface area contributed by atoms with E-state index >= 15 is 0 Å². The summed E-state index contributed by atoms with van der Waals surface area (Å²) >= 11 is 1.52. The molecule has 0 saturated heterocycles. The molecule has 1 amide bonds. The summed E-state index contributed by atoms with van der Waals surface area (Å²) in [5.41, 5.74) is 3.92. The maximum atomic E-state index is 11.8. The minimum absolute atomic E-state index is 0.0691. The van der Waals surface area contributed by atoms with Crippen LogP contribution in [0.3, 0.4) is 0 Å². The van der Waals surface area contributed by atoms with E-state index in [-0.39, 0.29) is 5.91 Å². The molecule has 0 spiro atoms. The monoisotopic (exact) mass is 329 g/mol. The van der Waals surface area contributed by atoms with Crippen LogP contribution in [0.4, 0.5) is 5.13 Å². The number of unbranched alkanes of at least 4 members (excludes halogenated alkanes) is 1. The highest BCUT2D eigenvalue weighted by Crippen LogP contribution is 2.22. The summed E-state index contributed by atoms with van der Waals surface area (Å²) in [5.74, 6) is 0.0691. The van der Waals surface area contributed by atoms with Crippen LogP contribution in [0.5, 0.6) is 0 Å². The van der Waals surface area contributed by atoms with Crippen molar-refractivity contribution in [2.24, 2.45) is 0 Å². The molecule has 122 valence electrons. The van der Waals surface area contributed by atoms with Gasteiger partial charge in [0.2, 0.25) is 5.91 Å². The smallest absolute Gasteiger partial charge is 0.226 e. The van der Waals surface area contributed by atoms with E-state index < -0.39 is 0 Å². The number of hydrogen-bond acceptors (Lipinski definition) is 4. The van der Waals surface area contributed by atoms with Crippen molar-refractivity contribution in [3.05, 3.63) is 46.5 Å². The third-order valence-electron chi connectivity index (χ3n) is 4.15. The Morgan fingerprint density at radius 2 is 2.17 bits per heavy atom. The van der Waals surface area contributed by atoms with E-state index in [1.54, 1.807) is 0 Å². The summed E-state index contributed by atoms with van der Waals surface area (Å²) in [5, 5.41) is 5.67. The number of anilines is 1. The van der Waals surface area contributed by atoms with E-state index in [9.17, 15) is 4.79 Å². The number of carbonyl (C=O) groups is 1. The minimum Gasteiger partial charge on any atom is -0.302 e. The number of fused-ring (bicyclic) bond motifs is 1. The van der Waals surface area contributed by atoms with Gasteiger partial charge < -0.3 is 5.32 Å². The van der Waals surface area contributed by atoms with Gasteiger partial charge in [0.25, 0.3) is 0 Å². The molecule has 5 heteroatoms. The summed E-state index contributed by atoms with van der Waals surface area (Å²) < 4.78 is 0. The number of aromatic nitrogens is 1. The molecule has 2 heterocycles. The summed E-state index contributed by atoms with van der Waals surface area (Å²) in [6, 6.07) is 8.65. The van der Waals surface area contributed by atoms with Crippen molar-refractivity contribution >= 4 is 22.4 Å². The quantitative estimate of drug-likeness (QED) is 0.876. The number of thiazole rings is 1. The number of nitrogens with one attached hydrogen (secondary N) is 1. The van der Waals surface area contributed by atoms with Crippen molar-refractivity contribution in [2.45, 2.75) is 45.7 Å². The van der Waals surface area contributed by atoms with Crippen LogP contribution >= 0.6 is 11.3 Å². The van der Waals surface area contributed by atoms with Crippen molar-refractivity contribution in [1.82, 2.24) is 9.88 Å². The number of benzene rings is 1. The Kier molecular flexibility index (Phi) is 5.41. The van der Waals surface area contributed by atoms with Crippen LogP contribution < -0.4 is 5.32 Å². The molecule has 3 rings (SSSR count). The molecular formula is C18H23N3OS. The van der Waals surface area contributed by atoms with Crippen LogP contribution in [-0.2, 0) is 24.3 Å². The number of amides is 1. The fourth-order valence-corrected chi connectivity index (χ4v) is 3.59. The Labute approximate surface area is 141 Å². The highest BCUT2D eigenvalue weighted by Gasteiger charge is 2.17. The van der Waals surface area contributed by atoms with E-state index in [0.717, 1.165) is 49.7 Å². The van der Waals surface area contributed by atoms with Crippen molar-refractivity contribution in [1.29, 1.82) is 0 Å². The summed E-state index contributed by atoms with van der Waals surface area (Å²) in [6.07, 6.45) is 3.64. The van der Waals surface area contributed by atoms with Gasteiger partial charge in [0.15, 0.2) is 5.13 Å². The Morgan fingerprint density at radius 1 is 1.35 bits per heavy atom. The second-order valence-electron chi connectivity index (χ2n) is 6.03. The second kappa shape index (κ2) is 7.70. The molecule has 1 aromatic heterocycles. The van der Waals surface area contributed by atoms with Gasteiger partial charge in [0, 0.05) is 31.4 Å². The Bertz CT molecular complexity index is 668. The Hall–Kier alpha value is -1.72. The molecule has 0 bridgehead atoms. The molecule has 23 heavy (non-hydrogen) atoms. The van der Waals surface area contributed by atoms with Crippen LogP contribution in [0, 0.1) is 0 Å². The lowest BCUT2D eigenvalue weighted by molar-refractivity contribution is -0.116. The highest BCUT2D eigenvalue weighted by molar-refractivity contribution is 7.13. The summed E-state index contributed by atoms with van der Waals surface area (Å²) in [6.45, 7) is 4.97. The molecule has 4 nitrogen and oxygen atoms in total. The van der Waals surface area contributed by atoms with Gasteiger partial charge in [-0.1, -0.05) is 37.6 Å². The summed E-state index contributed by atoms with van der Waals surface area (Å²) in [7, 11) is 0. The van der Waals surface area contributed by atoms with Crippen LogP contribution in [-0.4, -0.2) is 22.3 Å². The van der Waals surface area contributed by atoms with Crippen LogP contribution in [0.1, 0.15) is 43.0 Å². The van der Waals surface area contributed by atoms with E-state index in [0.29, 0.717) is 6.42 Å². The SMILES string of the molecule is CCCCC(=O)Nc1nc(CN2CCc3ccccc3C2)cs1. The first kappa shape index (κ1) is 16.1. The lowest BCUT2D eigenvalue weighted by Gasteiger charge is -2.27. The van der Waals surface area contributed by atoms with Gasteiger partial charge in [-0.3, -0.25) is 9.69 Å². The van der Waals surface area contributed by atoms with Crippen LogP contribution in [0.25, 0.3) is 0 Å². The number of rotatable bonds is 6. The molecule has 1 aliphatic rings. The first-order valence-electron chi connectivity index (χ1n) is 8.28. The molecule has 0 radical (unpaired) electrons. The predicted molar refractivity (Wildman–Crippen MR) is 94.5 cm³/mol. The second-order valence-corrected chi connectivity index (χ2v) is 6.88. The normalized spacial score (nSPS) is 14.5. The van der Waals surface area contributed by atoms with Gasteiger partial charge in [-0.05, 0) is 24.0 Å². The largest absolute Gasteiger partial charge is 0.302 e. The lowest BCUT2D eigenvalue weighted by Crippen LogP contribution is -2.30. The molecule has 0 fully saturated rings. The summed E-state index contributed by atoms with van der Waals surface area (Å²) in [4.78, 5) is 18.7. The van der Waals surface area contributed by atoms with Crippen LogP contribution in [0.2, 0.25) is 0 Å². The Morgan fingerprint density at radius 3 is 3.00 bits per heavy atom. The molecule has 0 saturated carbocycles. The topological polar surface area (TPSA) is 45.2 Å². The number of hydrogen-bond donors (Lipinski definition) is 1. The lowest BCUT2D eigenvalue weighted by atomic mass is 10.00. The van der Waals surface area contributed by atoms with E-state index in [4.69, 9.17) is 0 Å². The molecule has 0 atom stereocenters. The number of carbonyl (C=O) groups excluding carboxylic acids is 1. The van der Waals surface area contributed by atoms with Crippen molar-refractivity contribution in [3.8, 4) is 0 Å². The first-order valence-corrected chi connectivity index (χ1v) is 9.16. The van der Waals surface area contributed by atoms with E-state index in [1.165, 1.54) is 22.5 Å². The zero-order valence-corrected chi connectivity index (χ0v) is 14.4. The molecule has 1 aliphatic heterocycles. The molecule has 2 aromatic rings. The number of nitrogens with zero attached hydrogens (tertiary/aromatic N) is 2. The van der Waals surface area contributed by atoms with Crippen molar-refractivity contribution in [3.63, 3.8) is 0 Å². The maximum Gasteiger partial charge on any atom is 0.226 e. The first-order chi connectivity index (χ1) is 11.2. The maximum absolute atomic E-state index is 11.8. The molecular weight excluding hydrogens is 306 g/mol. The van der Waals surface area contributed by atoms with Gasteiger partial charge in [-0.15, -0.1) is 11.3 Å². The Balaban J connectivity index is 1.54. The average molecular weight is 329 g/mol. The fourth-order valence-electron chi connectivity index (χ4n) is 2.87. The van der Waals surface area contributed by atoms with E-state index in [1.807, 2.05) is 0 Å². The van der Waals surface area contributed by atoms with Crippen LogP contribution in [0.15, 0.2) is 29.6 Å². The van der Waals surface area contributed by atoms with Gasteiger partial charge in [-0.2, -0.15) is 0 Å². The van der Waals surface area contributed by atoms with Gasteiger partial charge in [-0.25, -0.2) is 4.98 Å². The average Bonchev–Trinajstić information content (AvgIpc) is 2.99. The van der Waals surface area contributed by atoms with Crippen molar-refractivity contribution < 1.29 is 4.79 Å². The molecule has 0 unspecified atom stereocenters. The minimum atomic E-state index is 0.0691. The zero-order chi connectivity index (χ0) is 16.1. The molecule has 1 aromatic carbocycles. The molecule has 1 N–H and O–H groups in total. The van der Waals surface area contributed by atoms with Gasteiger partial charge in [0.05, 0.1) is 5.69 Å². The standard InChI is InChI=1S/C18H23N3OS/c1-2-3-8-17(22)20-18-19-16(13-23-18)12-21-10-9-14-6-4-5-7-15(14)11-21/h4-7,13H,2-3,8-12H2,1H3,(H,19,20,22). The highest BCUT2D eigenvalue weighted by atomic mass is 32.1. The van der Waals surface area contributed by atoms with Crippen molar-refractivity contribution in [2.75, 3.05) is 11.9 Å². The fraction of sp³-hybridized carbons (Fsp3) is 0.444.